The highest BCUT2D eigenvalue weighted by Crippen LogP contribution is 2.20. The molecule has 0 aromatic heterocycles. The number of aryl methyl sites for hydroxylation is 1. The van der Waals surface area contributed by atoms with Crippen LogP contribution >= 0.6 is 0 Å². The minimum absolute atomic E-state index is 0.0776. The van der Waals surface area contributed by atoms with E-state index in [1.807, 2.05) is 45.9 Å². The van der Waals surface area contributed by atoms with E-state index >= 15 is 0 Å². The van der Waals surface area contributed by atoms with Gasteiger partial charge in [0.05, 0.1) is 12.2 Å². The van der Waals surface area contributed by atoms with E-state index in [2.05, 4.69) is 70.2 Å². The Morgan fingerprint density at radius 3 is 1.68 bits per heavy atom. The van der Waals surface area contributed by atoms with Gasteiger partial charge in [-0.1, -0.05) is 109 Å². The number of hydrogen-bond donors (Lipinski definition) is 0. The normalized spacial score (nSPS) is 20.6. The Kier molecular flexibility index (Phi) is 18.1. The molecule has 0 N–H and O–H groups in total. The van der Waals surface area contributed by atoms with Crippen molar-refractivity contribution < 1.29 is 9.47 Å². The molecular formula is C29H48O2. The minimum Gasteiger partial charge on any atom is -0.349 e. The Bertz CT molecular complexity index is 601. The van der Waals surface area contributed by atoms with E-state index in [4.69, 9.17) is 9.47 Å². The SMILES string of the molecule is CC.CC.CC1CC(C)OC(Cc2ccccc2)O1.CCC(C)CCc1ccccc1. The molecule has 2 aromatic rings. The van der Waals surface area contributed by atoms with Gasteiger partial charge in [0.2, 0.25) is 0 Å². The van der Waals surface area contributed by atoms with Gasteiger partial charge in [0.15, 0.2) is 6.29 Å². The highest BCUT2D eigenvalue weighted by Gasteiger charge is 2.24. The monoisotopic (exact) mass is 428 g/mol. The summed E-state index contributed by atoms with van der Waals surface area (Å²) in [6.07, 6.45) is 6.22. The summed E-state index contributed by atoms with van der Waals surface area (Å²) in [4.78, 5) is 0. The van der Waals surface area contributed by atoms with E-state index in [-0.39, 0.29) is 6.29 Å². The van der Waals surface area contributed by atoms with Gasteiger partial charge in [-0.3, -0.25) is 0 Å². The lowest BCUT2D eigenvalue weighted by Crippen LogP contribution is -2.36. The van der Waals surface area contributed by atoms with Crippen LogP contribution in [0.15, 0.2) is 60.7 Å². The third kappa shape index (κ3) is 14.1. The lowest BCUT2D eigenvalue weighted by atomic mass is 9.99. The fourth-order valence-electron chi connectivity index (χ4n) is 3.29. The maximum absolute atomic E-state index is 5.74. The van der Waals surface area contributed by atoms with Gasteiger partial charge in [-0.15, -0.1) is 0 Å². The molecule has 2 aromatic carbocycles. The Balaban J connectivity index is 0.000000510. The average molecular weight is 429 g/mol. The van der Waals surface area contributed by atoms with Gasteiger partial charge in [-0.05, 0) is 50.2 Å². The minimum atomic E-state index is -0.0776. The number of hydrogen-bond acceptors (Lipinski definition) is 2. The Labute approximate surface area is 193 Å². The topological polar surface area (TPSA) is 18.5 Å². The molecule has 2 heteroatoms. The number of rotatable bonds is 6. The fourth-order valence-corrected chi connectivity index (χ4v) is 3.29. The predicted molar refractivity (Wildman–Crippen MR) is 137 cm³/mol. The van der Waals surface area contributed by atoms with Crippen LogP contribution in [0.4, 0.5) is 0 Å². The van der Waals surface area contributed by atoms with Crippen LogP contribution in [0, 0.1) is 5.92 Å². The van der Waals surface area contributed by atoms with Gasteiger partial charge < -0.3 is 9.47 Å². The average Bonchev–Trinajstić information content (AvgIpc) is 2.81. The molecule has 3 atom stereocenters. The van der Waals surface area contributed by atoms with Crippen molar-refractivity contribution in [1.29, 1.82) is 0 Å². The highest BCUT2D eigenvalue weighted by molar-refractivity contribution is 5.15. The van der Waals surface area contributed by atoms with Crippen LogP contribution in [-0.4, -0.2) is 18.5 Å². The van der Waals surface area contributed by atoms with Crippen LogP contribution in [0.1, 0.15) is 85.8 Å². The molecule has 0 saturated carbocycles. The summed E-state index contributed by atoms with van der Waals surface area (Å²) in [5, 5.41) is 0. The van der Waals surface area contributed by atoms with Gasteiger partial charge in [-0.2, -0.15) is 0 Å². The van der Waals surface area contributed by atoms with E-state index in [1.54, 1.807) is 0 Å². The first-order valence-corrected chi connectivity index (χ1v) is 12.5. The van der Waals surface area contributed by atoms with Gasteiger partial charge in [0, 0.05) is 6.42 Å². The first-order valence-electron chi connectivity index (χ1n) is 12.5. The van der Waals surface area contributed by atoms with Gasteiger partial charge in [0.1, 0.15) is 0 Å². The van der Waals surface area contributed by atoms with Gasteiger partial charge >= 0.3 is 0 Å². The zero-order valence-corrected chi connectivity index (χ0v) is 21.4. The standard InChI is InChI=1S/C13H18O2.C12H18.2C2H6/c1-10-8-11(2)15-13(14-10)9-12-6-4-3-5-7-12;1-3-11(2)9-10-12-7-5-4-6-8-12;2*1-2/h3-7,10-11,13H,8-9H2,1-2H3;4-8,11H,3,9-10H2,1-2H3;2*1-2H3. The van der Waals surface area contributed by atoms with E-state index in [0.717, 1.165) is 18.8 Å². The lowest BCUT2D eigenvalue weighted by Gasteiger charge is -2.32. The maximum atomic E-state index is 5.74. The quantitative estimate of drug-likeness (QED) is 0.459. The number of benzene rings is 2. The second-order valence-corrected chi connectivity index (χ2v) is 7.79. The van der Waals surface area contributed by atoms with E-state index in [9.17, 15) is 0 Å². The molecule has 0 aliphatic carbocycles. The number of ether oxygens (including phenoxy) is 2. The molecule has 2 nitrogen and oxygen atoms in total. The summed E-state index contributed by atoms with van der Waals surface area (Å²) >= 11 is 0. The molecule has 0 amide bonds. The van der Waals surface area contributed by atoms with Gasteiger partial charge in [-0.25, -0.2) is 0 Å². The lowest BCUT2D eigenvalue weighted by molar-refractivity contribution is -0.232. The maximum Gasteiger partial charge on any atom is 0.162 e. The second-order valence-electron chi connectivity index (χ2n) is 7.79. The van der Waals surface area contributed by atoms with Crippen LogP contribution in [0.5, 0.6) is 0 Å². The zero-order chi connectivity index (χ0) is 23.5. The molecular weight excluding hydrogens is 380 g/mol. The summed E-state index contributed by atoms with van der Waals surface area (Å²) in [7, 11) is 0. The van der Waals surface area contributed by atoms with Crippen molar-refractivity contribution in [3.8, 4) is 0 Å². The van der Waals surface area contributed by atoms with Crippen LogP contribution in [0.2, 0.25) is 0 Å². The Morgan fingerprint density at radius 2 is 1.23 bits per heavy atom. The largest absolute Gasteiger partial charge is 0.349 e. The third-order valence-electron chi connectivity index (χ3n) is 5.14. The predicted octanol–water partition coefficient (Wildman–Crippen LogP) is 8.49. The van der Waals surface area contributed by atoms with Crippen molar-refractivity contribution in [2.75, 3.05) is 0 Å². The summed E-state index contributed by atoms with van der Waals surface area (Å²) in [6.45, 7) is 16.8. The second kappa shape index (κ2) is 19.1. The van der Waals surface area contributed by atoms with Crippen LogP contribution in [0.25, 0.3) is 0 Å². The molecule has 1 aliphatic rings. The van der Waals surface area contributed by atoms with Crippen LogP contribution in [-0.2, 0) is 22.3 Å². The summed E-state index contributed by atoms with van der Waals surface area (Å²) in [6, 6.07) is 21.1. The smallest absolute Gasteiger partial charge is 0.162 e. The van der Waals surface area contributed by atoms with Crippen LogP contribution in [0.3, 0.4) is 0 Å². The zero-order valence-electron chi connectivity index (χ0n) is 21.4. The first-order chi connectivity index (χ1) is 15.1. The molecule has 1 saturated heterocycles. The molecule has 31 heavy (non-hydrogen) atoms. The summed E-state index contributed by atoms with van der Waals surface area (Å²) in [5.74, 6) is 0.866. The Morgan fingerprint density at radius 1 is 0.774 bits per heavy atom. The van der Waals surface area contributed by atoms with Crippen molar-refractivity contribution in [2.45, 2.75) is 106 Å². The third-order valence-corrected chi connectivity index (χ3v) is 5.14. The molecule has 3 rings (SSSR count). The van der Waals surface area contributed by atoms with Crippen molar-refractivity contribution >= 4 is 0 Å². The van der Waals surface area contributed by atoms with E-state index < -0.39 is 0 Å². The summed E-state index contributed by atoms with van der Waals surface area (Å²) in [5.41, 5.74) is 2.74. The fraction of sp³-hybridized carbons (Fsp3) is 0.586. The molecule has 1 aliphatic heterocycles. The molecule has 1 fully saturated rings. The highest BCUT2D eigenvalue weighted by atomic mass is 16.7. The first kappa shape index (κ1) is 29.4. The molecule has 0 radical (unpaired) electrons. The molecule has 0 bridgehead atoms. The van der Waals surface area contributed by atoms with Crippen LogP contribution < -0.4 is 0 Å². The van der Waals surface area contributed by atoms with Crippen molar-refractivity contribution in [2.24, 2.45) is 5.92 Å². The summed E-state index contributed by atoms with van der Waals surface area (Å²) < 4.78 is 11.5. The van der Waals surface area contributed by atoms with E-state index in [1.165, 1.54) is 30.4 Å². The van der Waals surface area contributed by atoms with Gasteiger partial charge in [0.25, 0.3) is 0 Å². The Hall–Kier alpha value is -1.64. The molecule has 1 heterocycles. The van der Waals surface area contributed by atoms with E-state index in [0.29, 0.717) is 12.2 Å². The van der Waals surface area contributed by atoms with Crippen molar-refractivity contribution in [3.63, 3.8) is 0 Å². The molecule has 176 valence electrons. The van der Waals surface area contributed by atoms with Crippen molar-refractivity contribution in [1.82, 2.24) is 0 Å². The van der Waals surface area contributed by atoms with Crippen molar-refractivity contribution in [3.05, 3.63) is 71.8 Å². The molecule has 0 spiro atoms. The molecule has 3 unspecified atom stereocenters.